The third kappa shape index (κ3) is 1.85. The van der Waals surface area contributed by atoms with E-state index in [-0.39, 0.29) is 0 Å². The Kier molecular flexibility index (Phi) is 2.73. The molecule has 0 amide bonds. The first-order chi connectivity index (χ1) is 9.26. The summed E-state index contributed by atoms with van der Waals surface area (Å²) in [7, 11) is 0. The van der Waals surface area contributed by atoms with E-state index in [9.17, 15) is 0 Å². The molecular weight excluding hydrogens is 234 g/mol. The van der Waals surface area contributed by atoms with Crippen molar-refractivity contribution in [1.82, 2.24) is 14.9 Å². The second-order valence-electron chi connectivity index (χ2n) is 7.24. The Morgan fingerprint density at radius 3 is 2.79 bits per heavy atom. The summed E-state index contributed by atoms with van der Waals surface area (Å²) in [6, 6.07) is 0.753. The van der Waals surface area contributed by atoms with Crippen LogP contribution in [0.3, 0.4) is 0 Å². The second-order valence-corrected chi connectivity index (χ2v) is 7.24. The Hall–Kier alpha value is -0.830. The molecule has 0 aromatic carbocycles. The van der Waals surface area contributed by atoms with Crippen molar-refractivity contribution in [3.05, 3.63) is 18.2 Å². The molecule has 1 aromatic heterocycles. The number of rotatable bonds is 2. The number of imidazole rings is 1. The van der Waals surface area contributed by atoms with Crippen molar-refractivity contribution >= 4 is 0 Å². The van der Waals surface area contributed by atoms with Crippen LogP contribution in [0.5, 0.6) is 0 Å². The van der Waals surface area contributed by atoms with Crippen molar-refractivity contribution in [1.29, 1.82) is 0 Å². The highest BCUT2D eigenvalue weighted by molar-refractivity contribution is 5.17. The van der Waals surface area contributed by atoms with Crippen LogP contribution in [0, 0.1) is 11.8 Å². The predicted octanol–water partition coefficient (Wildman–Crippen LogP) is 2.89. The summed E-state index contributed by atoms with van der Waals surface area (Å²) in [5.41, 5.74) is 1.84. The fourth-order valence-electron chi connectivity index (χ4n) is 4.82. The minimum Gasteiger partial charge on any atom is -0.331 e. The SMILES string of the molecule is CC1(c2cncn2C2CC3CCC2C3)CCNCC1. The molecule has 1 N–H and O–H groups in total. The average molecular weight is 259 g/mol. The van der Waals surface area contributed by atoms with Crippen LogP contribution in [0.1, 0.15) is 57.2 Å². The number of hydrogen-bond donors (Lipinski definition) is 1. The largest absolute Gasteiger partial charge is 0.331 e. The van der Waals surface area contributed by atoms with Crippen molar-refractivity contribution < 1.29 is 0 Å². The number of hydrogen-bond acceptors (Lipinski definition) is 2. The molecule has 2 heterocycles. The second kappa shape index (κ2) is 4.34. The van der Waals surface area contributed by atoms with Gasteiger partial charge in [-0.05, 0) is 57.0 Å². The number of fused-ring (bicyclic) bond motifs is 2. The van der Waals surface area contributed by atoms with Crippen LogP contribution < -0.4 is 5.32 Å². The molecule has 2 bridgehead atoms. The maximum absolute atomic E-state index is 4.51. The number of nitrogens with zero attached hydrogens (tertiary/aromatic N) is 2. The molecule has 1 aliphatic heterocycles. The predicted molar refractivity (Wildman–Crippen MR) is 76.2 cm³/mol. The molecule has 4 rings (SSSR count). The summed E-state index contributed by atoms with van der Waals surface area (Å²) >= 11 is 0. The van der Waals surface area contributed by atoms with Gasteiger partial charge in [0.05, 0.1) is 6.33 Å². The minimum atomic E-state index is 0.337. The summed E-state index contributed by atoms with van der Waals surface area (Å²) in [5.74, 6) is 1.94. The first-order valence-corrected chi connectivity index (χ1v) is 7.99. The standard InChI is InChI=1S/C16H25N3/c1-16(4-6-17-7-5-16)15-10-18-11-19(15)14-9-12-2-3-13(14)8-12/h10-14,17H,2-9H2,1H3. The Labute approximate surface area is 115 Å². The van der Waals surface area contributed by atoms with Gasteiger partial charge in [0.15, 0.2) is 0 Å². The van der Waals surface area contributed by atoms with Crippen LogP contribution in [-0.2, 0) is 5.41 Å². The monoisotopic (exact) mass is 259 g/mol. The van der Waals surface area contributed by atoms with Crippen LogP contribution in [-0.4, -0.2) is 22.6 Å². The van der Waals surface area contributed by atoms with Crippen LogP contribution in [0.15, 0.2) is 12.5 Å². The molecule has 104 valence electrons. The van der Waals surface area contributed by atoms with Gasteiger partial charge in [-0.25, -0.2) is 4.98 Å². The third-order valence-corrected chi connectivity index (χ3v) is 6.05. The number of nitrogens with one attached hydrogen (secondary N) is 1. The maximum Gasteiger partial charge on any atom is 0.0951 e. The van der Waals surface area contributed by atoms with Crippen LogP contribution in [0.25, 0.3) is 0 Å². The zero-order valence-corrected chi connectivity index (χ0v) is 11.9. The van der Waals surface area contributed by atoms with Gasteiger partial charge in [0, 0.05) is 23.3 Å². The molecule has 2 saturated carbocycles. The van der Waals surface area contributed by atoms with Crippen molar-refractivity contribution in [2.45, 2.75) is 56.9 Å². The minimum absolute atomic E-state index is 0.337. The van der Waals surface area contributed by atoms with E-state index >= 15 is 0 Å². The number of aromatic nitrogens is 2. The molecular formula is C16H25N3. The van der Waals surface area contributed by atoms with Crippen molar-refractivity contribution in [3.8, 4) is 0 Å². The fourth-order valence-corrected chi connectivity index (χ4v) is 4.82. The van der Waals surface area contributed by atoms with Gasteiger partial charge in [0.2, 0.25) is 0 Å². The first-order valence-electron chi connectivity index (χ1n) is 7.99. The van der Waals surface area contributed by atoms with E-state index in [1.54, 1.807) is 0 Å². The summed E-state index contributed by atoms with van der Waals surface area (Å²) in [6.07, 6.45) is 12.6. The lowest BCUT2D eigenvalue weighted by atomic mass is 9.78. The summed E-state index contributed by atoms with van der Waals surface area (Å²) in [4.78, 5) is 4.51. The zero-order chi connectivity index (χ0) is 12.9. The molecule has 19 heavy (non-hydrogen) atoms. The average Bonchev–Trinajstić information content (AvgIpc) is 3.15. The van der Waals surface area contributed by atoms with Crippen LogP contribution >= 0.6 is 0 Å². The lowest BCUT2D eigenvalue weighted by Gasteiger charge is -2.37. The van der Waals surface area contributed by atoms with Crippen LogP contribution in [0.2, 0.25) is 0 Å². The Morgan fingerprint density at radius 1 is 1.26 bits per heavy atom. The smallest absolute Gasteiger partial charge is 0.0951 e. The number of piperidine rings is 1. The Morgan fingerprint density at radius 2 is 2.11 bits per heavy atom. The van der Waals surface area contributed by atoms with E-state index in [1.165, 1.54) is 44.2 Å². The van der Waals surface area contributed by atoms with E-state index < -0.39 is 0 Å². The third-order valence-electron chi connectivity index (χ3n) is 6.05. The van der Waals surface area contributed by atoms with E-state index in [0.29, 0.717) is 5.41 Å². The highest BCUT2D eigenvalue weighted by Crippen LogP contribution is 2.51. The molecule has 1 saturated heterocycles. The van der Waals surface area contributed by atoms with Gasteiger partial charge >= 0.3 is 0 Å². The van der Waals surface area contributed by atoms with Crippen molar-refractivity contribution in [2.24, 2.45) is 11.8 Å². The lowest BCUT2D eigenvalue weighted by molar-refractivity contribution is 0.275. The van der Waals surface area contributed by atoms with Gasteiger partial charge in [0.25, 0.3) is 0 Å². The molecule has 1 aromatic rings. The molecule has 3 heteroatoms. The van der Waals surface area contributed by atoms with Crippen molar-refractivity contribution in [3.63, 3.8) is 0 Å². The summed E-state index contributed by atoms with van der Waals surface area (Å²) < 4.78 is 2.56. The molecule has 3 nitrogen and oxygen atoms in total. The topological polar surface area (TPSA) is 29.9 Å². The van der Waals surface area contributed by atoms with Gasteiger partial charge in [-0.15, -0.1) is 0 Å². The van der Waals surface area contributed by atoms with Crippen molar-refractivity contribution in [2.75, 3.05) is 13.1 Å². The Bertz CT molecular complexity index is 458. The molecule has 3 fully saturated rings. The normalized spacial score (nSPS) is 36.8. The quantitative estimate of drug-likeness (QED) is 0.885. The maximum atomic E-state index is 4.51. The van der Waals surface area contributed by atoms with Gasteiger partial charge < -0.3 is 9.88 Å². The van der Waals surface area contributed by atoms with Gasteiger partial charge in [-0.3, -0.25) is 0 Å². The fraction of sp³-hybridized carbons (Fsp3) is 0.812. The molecule has 3 aliphatic rings. The highest BCUT2D eigenvalue weighted by atomic mass is 15.1. The summed E-state index contributed by atoms with van der Waals surface area (Å²) in [6.45, 7) is 4.74. The van der Waals surface area contributed by atoms with E-state index in [2.05, 4.69) is 34.3 Å². The molecule has 0 radical (unpaired) electrons. The summed E-state index contributed by atoms with van der Waals surface area (Å²) in [5, 5.41) is 3.49. The first kappa shape index (κ1) is 12.0. The Balaban J connectivity index is 1.65. The molecule has 3 atom stereocenters. The lowest BCUT2D eigenvalue weighted by Crippen LogP contribution is -2.39. The molecule has 0 spiro atoms. The van der Waals surface area contributed by atoms with Gasteiger partial charge in [-0.1, -0.05) is 13.3 Å². The molecule has 2 aliphatic carbocycles. The highest BCUT2D eigenvalue weighted by Gasteiger charge is 2.42. The van der Waals surface area contributed by atoms with Crippen LogP contribution in [0.4, 0.5) is 0 Å². The molecule has 3 unspecified atom stereocenters. The van der Waals surface area contributed by atoms with E-state index in [0.717, 1.165) is 31.0 Å². The van der Waals surface area contributed by atoms with Gasteiger partial charge in [-0.2, -0.15) is 0 Å². The van der Waals surface area contributed by atoms with E-state index in [4.69, 9.17) is 0 Å². The zero-order valence-electron chi connectivity index (χ0n) is 11.9. The van der Waals surface area contributed by atoms with E-state index in [1.807, 2.05) is 0 Å². The van der Waals surface area contributed by atoms with Gasteiger partial charge in [0.1, 0.15) is 0 Å².